The lowest BCUT2D eigenvalue weighted by molar-refractivity contribution is 0.981. The lowest BCUT2D eigenvalue weighted by atomic mass is 10.1. The number of anilines is 2. The zero-order chi connectivity index (χ0) is 16.1. The number of aromatic nitrogens is 3. The number of fused-ring (bicyclic) bond motifs is 1. The summed E-state index contributed by atoms with van der Waals surface area (Å²) in [4.78, 5) is 3.92. The molecule has 4 N–H and O–H groups in total. The van der Waals surface area contributed by atoms with E-state index in [4.69, 9.17) is 11.5 Å². The molecule has 5 heteroatoms. The monoisotopic (exact) mass is 303 g/mol. The van der Waals surface area contributed by atoms with E-state index in [-0.39, 0.29) is 5.95 Å². The third-order valence-electron chi connectivity index (χ3n) is 3.29. The second-order valence-electron chi connectivity index (χ2n) is 4.92. The van der Waals surface area contributed by atoms with Crippen molar-refractivity contribution in [1.29, 1.82) is 0 Å². The Hall–Kier alpha value is -3.34. The summed E-state index contributed by atoms with van der Waals surface area (Å²) in [5, 5.41) is 3.87. The zero-order valence-corrected chi connectivity index (χ0v) is 12.5. The highest BCUT2D eigenvalue weighted by atomic mass is 15.3. The van der Waals surface area contributed by atoms with Gasteiger partial charge in [-0.1, -0.05) is 66.7 Å². The summed E-state index contributed by atoms with van der Waals surface area (Å²) in [6.45, 7) is 0. The molecule has 0 saturated carbocycles. The summed E-state index contributed by atoms with van der Waals surface area (Å²) in [7, 11) is 0. The molecule has 2 heterocycles. The second-order valence-corrected chi connectivity index (χ2v) is 4.92. The molecule has 0 unspecified atom stereocenters. The van der Waals surface area contributed by atoms with Crippen LogP contribution in [0.3, 0.4) is 0 Å². The molecule has 0 saturated heterocycles. The molecule has 2 aromatic heterocycles. The summed E-state index contributed by atoms with van der Waals surface area (Å²) < 4.78 is 1.50. The molecule has 2 aromatic carbocycles. The van der Waals surface area contributed by atoms with Crippen LogP contribution >= 0.6 is 0 Å². The van der Waals surface area contributed by atoms with Crippen LogP contribution in [0.2, 0.25) is 0 Å². The first-order chi connectivity index (χ1) is 11.2. The lowest BCUT2D eigenvalue weighted by Gasteiger charge is -1.98. The molecular formula is C18H17N5. The Bertz CT molecular complexity index is 848. The van der Waals surface area contributed by atoms with Crippen molar-refractivity contribution in [2.45, 2.75) is 0 Å². The van der Waals surface area contributed by atoms with Gasteiger partial charge in [0.15, 0.2) is 5.65 Å². The van der Waals surface area contributed by atoms with Gasteiger partial charge in [-0.25, -0.2) is 0 Å². The number of nitrogen functional groups attached to an aromatic ring is 2. The molecule has 4 aromatic rings. The highest BCUT2D eigenvalue weighted by Crippen LogP contribution is 2.17. The Morgan fingerprint density at radius 1 is 0.652 bits per heavy atom. The summed E-state index contributed by atoms with van der Waals surface area (Å²) in [6, 6.07) is 26.1. The van der Waals surface area contributed by atoms with Gasteiger partial charge in [0.2, 0.25) is 5.95 Å². The van der Waals surface area contributed by atoms with Gasteiger partial charge in [-0.3, -0.25) is 0 Å². The normalized spacial score (nSPS) is 10.1. The molecule has 0 atom stereocenters. The predicted molar refractivity (Wildman–Crippen MR) is 93.7 cm³/mol. The minimum Gasteiger partial charge on any atom is -0.384 e. The maximum Gasteiger partial charge on any atom is 0.240 e. The maximum atomic E-state index is 5.57. The molecule has 0 bridgehead atoms. The van der Waals surface area contributed by atoms with Crippen molar-refractivity contribution < 1.29 is 0 Å². The van der Waals surface area contributed by atoms with E-state index in [0.717, 1.165) is 0 Å². The van der Waals surface area contributed by atoms with Crippen molar-refractivity contribution in [1.82, 2.24) is 14.6 Å². The standard InChI is InChI=1S/C12H10.C6H7N5/c1-3-7-11(8-4-1)12-9-5-2-6-10-12;7-4-2-1-3-5-9-6(8)10-11(4)5/h1-10H;1-3H,7H2,(H2,8,10). The quantitative estimate of drug-likeness (QED) is 0.565. The average molecular weight is 303 g/mol. The summed E-state index contributed by atoms with van der Waals surface area (Å²) in [6.07, 6.45) is 0. The third-order valence-corrected chi connectivity index (χ3v) is 3.29. The molecule has 0 aliphatic carbocycles. The van der Waals surface area contributed by atoms with Crippen molar-refractivity contribution in [3.05, 3.63) is 78.9 Å². The van der Waals surface area contributed by atoms with Gasteiger partial charge in [0.1, 0.15) is 5.82 Å². The smallest absolute Gasteiger partial charge is 0.240 e. The van der Waals surface area contributed by atoms with E-state index in [0.29, 0.717) is 11.5 Å². The number of pyridine rings is 1. The van der Waals surface area contributed by atoms with E-state index in [1.807, 2.05) is 12.1 Å². The van der Waals surface area contributed by atoms with E-state index in [1.54, 1.807) is 18.2 Å². The van der Waals surface area contributed by atoms with Gasteiger partial charge in [-0.05, 0) is 23.3 Å². The average Bonchev–Trinajstić information content (AvgIpc) is 2.99. The molecule has 4 rings (SSSR count). The van der Waals surface area contributed by atoms with E-state index >= 15 is 0 Å². The van der Waals surface area contributed by atoms with Crippen LogP contribution in [0, 0.1) is 0 Å². The van der Waals surface area contributed by atoms with Gasteiger partial charge in [0.05, 0.1) is 0 Å². The molecule has 0 radical (unpaired) electrons. The van der Waals surface area contributed by atoms with Crippen LogP contribution in [0.5, 0.6) is 0 Å². The molecule has 5 nitrogen and oxygen atoms in total. The Morgan fingerprint density at radius 3 is 1.74 bits per heavy atom. The Balaban J connectivity index is 0.000000136. The van der Waals surface area contributed by atoms with Crippen molar-refractivity contribution >= 4 is 17.4 Å². The molecule has 23 heavy (non-hydrogen) atoms. The lowest BCUT2D eigenvalue weighted by Crippen LogP contribution is -1.97. The zero-order valence-electron chi connectivity index (χ0n) is 12.5. The van der Waals surface area contributed by atoms with Gasteiger partial charge >= 0.3 is 0 Å². The first-order valence-corrected chi connectivity index (χ1v) is 7.21. The van der Waals surface area contributed by atoms with Crippen LogP contribution in [0.4, 0.5) is 11.8 Å². The highest BCUT2D eigenvalue weighted by molar-refractivity contribution is 5.62. The first kappa shape index (κ1) is 14.6. The van der Waals surface area contributed by atoms with Crippen molar-refractivity contribution in [3.63, 3.8) is 0 Å². The molecule has 0 fully saturated rings. The van der Waals surface area contributed by atoms with E-state index in [1.165, 1.54) is 15.6 Å². The fourth-order valence-corrected chi connectivity index (χ4v) is 2.20. The molecule has 0 aliphatic rings. The third kappa shape index (κ3) is 3.47. The van der Waals surface area contributed by atoms with Gasteiger partial charge in [-0.2, -0.15) is 9.50 Å². The number of benzene rings is 2. The Labute approximate surface area is 134 Å². The highest BCUT2D eigenvalue weighted by Gasteiger charge is 1.99. The van der Waals surface area contributed by atoms with Crippen LogP contribution in [-0.4, -0.2) is 14.6 Å². The Kier molecular flexibility index (Phi) is 4.20. The molecule has 0 amide bonds. The first-order valence-electron chi connectivity index (χ1n) is 7.21. The van der Waals surface area contributed by atoms with Crippen LogP contribution in [0.15, 0.2) is 78.9 Å². The SMILES string of the molecule is Nc1nc2cccc(N)n2n1.c1ccc(-c2ccccc2)cc1. The number of nitrogens with zero attached hydrogens (tertiary/aromatic N) is 3. The van der Waals surface area contributed by atoms with Gasteiger partial charge < -0.3 is 11.5 Å². The predicted octanol–water partition coefficient (Wildman–Crippen LogP) is 3.25. The van der Waals surface area contributed by atoms with Crippen LogP contribution in [0.1, 0.15) is 0 Å². The molecule has 114 valence electrons. The summed E-state index contributed by atoms with van der Waals surface area (Å²) in [5.41, 5.74) is 14.2. The van der Waals surface area contributed by atoms with Gasteiger partial charge in [0, 0.05) is 0 Å². The van der Waals surface area contributed by atoms with Gasteiger partial charge in [0.25, 0.3) is 0 Å². The molecule has 0 aliphatic heterocycles. The van der Waals surface area contributed by atoms with Crippen molar-refractivity contribution in [2.75, 3.05) is 11.5 Å². The Morgan fingerprint density at radius 2 is 1.22 bits per heavy atom. The van der Waals surface area contributed by atoms with E-state index in [9.17, 15) is 0 Å². The maximum absolute atomic E-state index is 5.57. The van der Waals surface area contributed by atoms with Crippen LogP contribution in [0.25, 0.3) is 16.8 Å². The summed E-state index contributed by atoms with van der Waals surface area (Å²) in [5.74, 6) is 0.773. The summed E-state index contributed by atoms with van der Waals surface area (Å²) >= 11 is 0. The molecule has 0 spiro atoms. The van der Waals surface area contributed by atoms with Crippen molar-refractivity contribution in [3.8, 4) is 11.1 Å². The van der Waals surface area contributed by atoms with Crippen LogP contribution in [-0.2, 0) is 0 Å². The minimum atomic E-state index is 0.239. The van der Waals surface area contributed by atoms with Crippen molar-refractivity contribution in [2.24, 2.45) is 0 Å². The fraction of sp³-hybridized carbons (Fsp3) is 0. The number of nitrogens with two attached hydrogens (primary N) is 2. The fourth-order valence-electron chi connectivity index (χ4n) is 2.20. The number of rotatable bonds is 1. The minimum absolute atomic E-state index is 0.239. The van der Waals surface area contributed by atoms with E-state index < -0.39 is 0 Å². The largest absolute Gasteiger partial charge is 0.384 e. The number of hydrogen-bond donors (Lipinski definition) is 2. The van der Waals surface area contributed by atoms with Gasteiger partial charge in [-0.15, -0.1) is 5.10 Å². The van der Waals surface area contributed by atoms with E-state index in [2.05, 4.69) is 58.6 Å². The second kappa shape index (κ2) is 6.62. The number of hydrogen-bond acceptors (Lipinski definition) is 4. The van der Waals surface area contributed by atoms with Crippen LogP contribution < -0.4 is 11.5 Å². The topological polar surface area (TPSA) is 82.2 Å². The molecular weight excluding hydrogens is 286 g/mol.